The van der Waals surface area contributed by atoms with Crippen molar-refractivity contribution >= 4 is 16.5 Å². The molecule has 0 fully saturated rings. The zero-order valence-electron chi connectivity index (χ0n) is 14.0. The van der Waals surface area contributed by atoms with Crippen LogP contribution in [0.3, 0.4) is 0 Å². The van der Waals surface area contributed by atoms with Gasteiger partial charge < -0.3 is 0 Å². The molecule has 1 aliphatic carbocycles. The first kappa shape index (κ1) is 14.2. The van der Waals surface area contributed by atoms with Crippen molar-refractivity contribution < 1.29 is 0 Å². The molecule has 4 nitrogen and oxygen atoms in total. The molecule has 0 saturated carbocycles. The minimum atomic E-state index is 0.634. The van der Waals surface area contributed by atoms with Crippen molar-refractivity contribution in [3.63, 3.8) is 0 Å². The molecule has 2 aromatic heterocycles. The Morgan fingerprint density at radius 2 is 2.04 bits per heavy atom. The highest BCUT2D eigenvalue weighted by Gasteiger charge is 2.18. The maximum absolute atomic E-state index is 4.57. The molecule has 23 heavy (non-hydrogen) atoms. The minimum Gasteiger partial charge on any atom is -0.274 e. The summed E-state index contributed by atoms with van der Waals surface area (Å²) in [6.07, 6.45) is 12.0. The highest BCUT2D eigenvalue weighted by atomic mass is 15.3. The number of hydrogen-bond acceptors (Lipinski definition) is 2. The van der Waals surface area contributed by atoms with Crippen molar-refractivity contribution in [3.05, 3.63) is 47.9 Å². The van der Waals surface area contributed by atoms with E-state index in [2.05, 4.69) is 42.3 Å². The van der Waals surface area contributed by atoms with Crippen molar-refractivity contribution in [1.29, 1.82) is 0 Å². The van der Waals surface area contributed by atoms with E-state index < -0.39 is 0 Å². The van der Waals surface area contributed by atoms with Crippen LogP contribution in [0.15, 0.2) is 36.8 Å². The Morgan fingerprint density at radius 3 is 2.78 bits per heavy atom. The van der Waals surface area contributed by atoms with Crippen LogP contribution in [0.1, 0.15) is 37.3 Å². The van der Waals surface area contributed by atoms with Gasteiger partial charge in [-0.1, -0.05) is 13.0 Å². The lowest BCUT2D eigenvalue weighted by Gasteiger charge is -2.22. The molecule has 1 atom stereocenters. The van der Waals surface area contributed by atoms with Crippen LogP contribution in [0.2, 0.25) is 0 Å². The summed E-state index contributed by atoms with van der Waals surface area (Å²) in [6.45, 7) is 4.55. The van der Waals surface area contributed by atoms with Crippen molar-refractivity contribution in [2.75, 3.05) is 0 Å². The second kappa shape index (κ2) is 5.37. The maximum atomic E-state index is 4.57. The van der Waals surface area contributed by atoms with Gasteiger partial charge in [-0.05, 0) is 60.9 Å². The average molecular weight is 306 g/mol. The van der Waals surface area contributed by atoms with Gasteiger partial charge in [0.2, 0.25) is 0 Å². The standard InChI is InChI=1S/C19H22N4/c1-13-6-4-5-7-17(13)18-9-19-15(8-14(18)2)10-21-23(19)16-11-20-22(3)12-16/h7-13H,4-6H2,1-3H3. The average Bonchev–Trinajstić information content (AvgIpc) is 3.13. The lowest BCUT2D eigenvalue weighted by molar-refractivity contribution is 0.601. The fourth-order valence-corrected chi connectivity index (χ4v) is 3.64. The zero-order chi connectivity index (χ0) is 16.0. The number of nitrogens with zero attached hydrogens (tertiary/aromatic N) is 4. The largest absolute Gasteiger partial charge is 0.274 e. The van der Waals surface area contributed by atoms with Gasteiger partial charge in [-0.3, -0.25) is 4.68 Å². The highest BCUT2D eigenvalue weighted by molar-refractivity contribution is 5.86. The van der Waals surface area contributed by atoms with Gasteiger partial charge in [-0.25, -0.2) is 4.68 Å². The first-order chi connectivity index (χ1) is 11.1. The third kappa shape index (κ3) is 2.38. The molecule has 4 heteroatoms. The van der Waals surface area contributed by atoms with Gasteiger partial charge in [0.25, 0.3) is 0 Å². The van der Waals surface area contributed by atoms with Crippen molar-refractivity contribution in [1.82, 2.24) is 19.6 Å². The molecule has 0 N–H and O–H groups in total. The molecular formula is C19H22N4. The molecule has 0 spiro atoms. The number of aromatic nitrogens is 4. The van der Waals surface area contributed by atoms with Crippen LogP contribution in [0.4, 0.5) is 0 Å². The molecule has 2 heterocycles. The maximum Gasteiger partial charge on any atom is 0.103 e. The summed E-state index contributed by atoms with van der Waals surface area (Å²) in [4.78, 5) is 0. The summed E-state index contributed by atoms with van der Waals surface area (Å²) in [5.41, 5.74) is 6.36. The molecule has 4 rings (SSSR count). The van der Waals surface area contributed by atoms with Gasteiger partial charge in [-0.15, -0.1) is 0 Å². The molecule has 0 saturated heterocycles. The fraction of sp³-hybridized carbons (Fsp3) is 0.368. The first-order valence-corrected chi connectivity index (χ1v) is 8.31. The van der Waals surface area contributed by atoms with Crippen LogP contribution in [-0.2, 0) is 7.05 Å². The molecule has 0 aliphatic heterocycles. The van der Waals surface area contributed by atoms with Crippen molar-refractivity contribution in [3.8, 4) is 5.69 Å². The van der Waals surface area contributed by atoms with Gasteiger partial charge in [0.15, 0.2) is 0 Å². The number of aryl methyl sites for hydroxylation is 2. The summed E-state index contributed by atoms with van der Waals surface area (Å²) >= 11 is 0. The van der Waals surface area contributed by atoms with E-state index in [1.54, 1.807) is 0 Å². The topological polar surface area (TPSA) is 35.6 Å². The molecule has 0 bridgehead atoms. The predicted octanol–water partition coefficient (Wildman–Crippen LogP) is 4.27. The lowest BCUT2D eigenvalue weighted by Crippen LogP contribution is -2.05. The summed E-state index contributed by atoms with van der Waals surface area (Å²) in [6, 6.07) is 4.56. The zero-order valence-corrected chi connectivity index (χ0v) is 14.0. The van der Waals surface area contributed by atoms with Gasteiger partial charge in [0.1, 0.15) is 5.69 Å². The summed E-state index contributed by atoms with van der Waals surface area (Å²) in [5, 5.41) is 10.0. The lowest BCUT2D eigenvalue weighted by atomic mass is 9.83. The van der Waals surface area contributed by atoms with E-state index in [0.29, 0.717) is 5.92 Å². The molecule has 1 aromatic carbocycles. The molecule has 1 aliphatic rings. The van der Waals surface area contributed by atoms with Crippen LogP contribution in [-0.4, -0.2) is 19.6 Å². The summed E-state index contributed by atoms with van der Waals surface area (Å²) in [5.74, 6) is 0.634. The quantitative estimate of drug-likeness (QED) is 0.709. The number of allylic oxidation sites excluding steroid dienone is 2. The Kier molecular flexibility index (Phi) is 3.33. The van der Waals surface area contributed by atoms with Gasteiger partial charge in [0.05, 0.1) is 24.1 Å². The van der Waals surface area contributed by atoms with Gasteiger partial charge in [0, 0.05) is 12.4 Å². The Balaban J connectivity index is 1.90. The second-order valence-electron chi connectivity index (χ2n) is 6.65. The SMILES string of the molecule is Cc1cc2cnn(-c3cnn(C)c3)c2cc1C1=CCCCC1C. The van der Waals surface area contributed by atoms with Crippen LogP contribution < -0.4 is 0 Å². The van der Waals surface area contributed by atoms with E-state index in [1.165, 1.54) is 41.3 Å². The van der Waals surface area contributed by atoms with Crippen LogP contribution in [0.25, 0.3) is 22.2 Å². The third-order valence-electron chi connectivity index (χ3n) is 4.90. The Morgan fingerprint density at radius 1 is 1.17 bits per heavy atom. The van der Waals surface area contributed by atoms with E-state index in [9.17, 15) is 0 Å². The molecule has 118 valence electrons. The number of hydrogen-bond donors (Lipinski definition) is 0. The number of rotatable bonds is 2. The van der Waals surface area contributed by atoms with Crippen molar-refractivity contribution in [2.45, 2.75) is 33.1 Å². The molecule has 0 radical (unpaired) electrons. The van der Waals surface area contributed by atoms with Crippen LogP contribution in [0, 0.1) is 12.8 Å². The van der Waals surface area contributed by atoms with E-state index in [0.717, 1.165) is 11.2 Å². The van der Waals surface area contributed by atoms with Crippen LogP contribution in [0.5, 0.6) is 0 Å². The Bertz CT molecular complexity index is 897. The number of fused-ring (bicyclic) bond motifs is 1. The van der Waals surface area contributed by atoms with Gasteiger partial charge >= 0.3 is 0 Å². The van der Waals surface area contributed by atoms with Gasteiger partial charge in [-0.2, -0.15) is 10.2 Å². The van der Waals surface area contributed by atoms with Crippen molar-refractivity contribution in [2.24, 2.45) is 13.0 Å². The normalized spacial score (nSPS) is 18.4. The Labute approximate surface area is 136 Å². The van der Waals surface area contributed by atoms with E-state index >= 15 is 0 Å². The first-order valence-electron chi connectivity index (χ1n) is 8.31. The molecular weight excluding hydrogens is 284 g/mol. The predicted molar refractivity (Wildman–Crippen MR) is 93.6 cm³/mol. The monoisotopic (exact) mass is 306 g/mol. The number of benzene rings is 1. The highest BCUT2D eigenvalue weighted by Crippen LogP contribution is 2.35. The molecule has 0 amide bonds. The second-order valence-corrected chi connectivity index (χ2v) is 6.65. The summed E-state index contributed by atoms with van der Waals surface area (Å²) < 4.78 is 3.79. The Hall–Kier alpha value is -2.36. The van der Waals surface area contributed by atoms with E-state index in [-0.39, 0.29) is 0 Å². The molecule has 1 unspecified atom stereocenters. The minimum absolute atomic E-state index is 0.634. The van der Waals surface area contributed by atoms with E-state index in [1.807, 2.05) is 35.0 Å². The fourth-order valence-electron chi connectivity index (χ4n) is 3.64. The van der Waals surface area contributed by atoms with Crippen LogP contribution >= 0.6 is 0 Å². The molecule has 3 aromatic rings. The third-order valence-corrected chi connectivity index (χ3v) is 4.90. The summed E-state index contributed by atoms with van der Waals surface area (Å²) in [7, 11) is 1.93. The van der Waals surface area contributed by atoms with E-state index in [4.69, 9.17) is 0 Å². The smallest absolute Gasteiger partial charge is 0.103 e.